The second kappa shape index (κ2) is 4.50. The number of nitrogen functional groups attached to an aromatic ring is 1. The molecule has 0 spiro atoms. The predicted molar refractivity (Wildman–Crippen MR) is 64.8 cm³/mol. The number of rotatable bonds is 4. The van der Waals surface area contributed by atoms with Crippen LogP contribution in [-0.2, 0) is 0 Å². The molecule has 0 aromatic carbocycles. The number of aryl methyl sites for hydroxylation is 1. The average Bonchev–Trinajstić information content (AvgIpc) is 3.10. The van der Waals surface area contributed by atoms with Crippen molar-refractivity contribution in [2.45, 2.75) is 36.0 Å². The van der Waals surface area contributed by atoms with Crippen molar-refractivity contribution in [3.05, 3.63) is 11.8 Å². The third kappa shape index (κ3) is 2.27. The molecule has 0 bridgehead atoms. The zero-order chi connectivity index (χ0) is 12.5. The molecule has 0 amide bonds. The molecule has 9 heteroatoms. The maximum Gasteiger partial charge on any atom is 0.238 e. The van der Waals surface area contributed by atoms with Gasteiger partial charge in [0.1, 0.15) is 5.03 Å². The van der Waals surface area contributed by atoms with Crippen molar-refractivity contribution in [3.63, 3.8) is 0 Å². The van der Waals surface area contributed by atoms with Gasteiger partial charge in [0, 0.05) is 5.69 Å². The Balaban J connectivity index is 1.87. The van der Waals surface area contributed by atoms with E-state index in [1.807, 2.05) is 17.7 Å². The fourth-order valence-corrected chi connectivity index (χ4v) is 2.46. The summed E-state index contributed by atoms with van der Waals surface area (Å²) >= 11 is 1.41. The first-order chi connectivity index (χ1) is 8.76. The number of hydrogen-bond donors (Lipinski definition) is 2. The smallest absolute Gasteiger partial charge is 0.238 e. The molecular weight excluding hydrogens is 252 g/mol. The van der Waals surface area contributed by atoms with Gasteiger partial charge >= 0.3 is 0 Å². The van der Waals surface area contributed by atoms with Gasteiger partial charge < -0.3 is 0 Å². The number of aromatic nitrogens is 6. The third-order valence-corrected chi connectivity index (χ3v) is 3.38. The molecule has 1 saturated carbocycles. The molecule has 2 aromatic heterocycles. The minimum atomic E-state index is 0.392. The highest BCUT2D eigenvalue weighted by Crippen LogP contribution is 2.37. The molecule has 1 aliphatic rings. The summed E-state index contributed by atoms with van der Waals surface area (Å²) in [7, 11) is 0. The van der Waals surface area contributed by atoms with E-state index in [-0.39, 0.29) is 0 Å². The van der Waals surface area contributed by atoms with E-state index in [0.29, 0.717) is 12.0 Å². The standard InChI is InChI=1S/C9H12N8S/c1-5-4-7(12-8(11-5)13-10)18-9-14-15-16-17(9)6-2-3-6/h4,6H,2-3,10H2,1H3,(H,11,12,13). The maximum atomic E-state index is 5.32. The van der Waals surface area contributed by atoms with Gasteiger partial charge in [-0.1, -0.05) is 0 Å². The summed E-state index contributed by atoms with van der Waals surface area (Å²) in [6.45, 7) is 1.89. The first-order valence-electron chi connectivity index (χ1n) is 5.54. The first-order valence-corrected chi connectivity index (χ1v) is 6.36. The summed E-state index contributed by atoms with van der Waals surface area (Å²) in [4.78, 5) is 8.39. The number of nitrogens with two attached hydrogens (primary N) is 1. The fourth-order valence-electron chi connectivity index (χ4n) is 1.55. The van der Waals surface area contributed by atoms with Crippen molar-refractivity contribution >= 4 is 17.7 Å². The van der Waals surface area contributed by atoms with Crippen LogP contribution in [0, 0.1) is 6.92 Å². The highest BCUT2D eigenvalue weighted by atomic mass is 32.2. The van der Waals surface area contributed by atoms with Gasteiger partial charge in [0.25, 0.3) is 0 Å². The Labute approximate surface area is 107 Å². The number of tetrazole rings is 1. The second-order valence-electron chi connectivity index (χ2n) is 4.05. The average molecular weight is 264 g/mol. The third-order valence-electron chi connectivity index (χ3n) is 2.51. The zero-order valence-electron chi connectivity index (χ0n) is 9.74. The molecule has 0 radical (unpaired) electrons. The summed E-state index contributed by atoms with van der Waals surface area (Å²) in [5, 5.41) is 13.2. The Morgan fingerprint density at radius 2 is 2.28 bits per heavy atom. The summed E-state index contributed by atoms with van der Waals surface area (Å²) in [5.74, 6) is 5.71. The molecule has 2 aromatic rings. The molecule has 94 valence electrons. The van der Waals surface area contributed by atoms with E-state index in [1.165, 1.54) is 11.8 Å². The number of nitrogens with zero attached hydrogens (tertiary/aromatic N) is 6. The van der Waals surface area contributed by atoms with Crippen LogP contribution in [-0.4, -0.2) is 30.2 Å². The molecule has 1 fully saturated rings. The second-order valence-corrected chi connectivity index (χ2v) is 5.04. The van der Waals surface area contributed by atoms with Gasteiger partial charge in [-0.05, 0) is 48.0 Å². The van der Waals surface area contributed by atoms with E-state index in [0.717, 1.165) is 28.7 Å². The van der Waals surface area contributed by atoms with Crippen molar-refractivity contribution in [1.82, 2.24) is 30.2 Å². The molecule has 0 saturated heterocycles. The summed E-state index contributed by atoms with van der Waals surface area (Å²) in [6, 6.07) is 2.31. The van der Waals surface area contributed by atoms with E-state index in [9.17, 15) is 0 Å². The Morgan fingerprint density at radius 1 is 1.44 bits per heavy atom. The summed E-state index contributed by atoms with van der Waals surface area (Å²) in [6.07, 6.45) is 2.27. The van der Waals surface area contributed by atoms with Crippen LogP contribution < -0.4 is 11.3 Å². The normalized spacial score (nSPS) is 14.8. The monoisotopic (exact) mass is 264 g/mol. The van der Waals surface area contributed by atoms with Crippen LogP contribution in [0.4, 0.5) is 5.95 Å². The lowest BCUT2D eigenvalue weighted by molar-refractivity contribution is 0.565. The summed E-state index contributed by atoms with van der Waals surface area (Å²) in [5.41, 5.74) is 3.28. The number of hydrogen-bond acceptors (Lipinski definition) is 8. The van der Waals surface area contributed by atoms with E-state index < -0.39 is 0 Å². The first kappa shape index (κ1) is 11.4. The van der Waals surface area contributed by atoms with E-state index in [2.05, 4.69) is 30.9 Å². The van der Waals surface area contributed by atoms with E-state index >= 15 is 0 Å². The molecule has 8 nitrogen and oxygen atoms in total. The van der Waals surface area contributed by atoms with Crippen LogP contribution in [0.1, 0.15) is 24.6 Å². The predicted octanol–water partition coefficient (Wildman–Crippen LogP) is 0.543. The molecule has 0 atom stereocenters. The van der Waals surface area contributed by atoms with Gasteiger partial charge in [-0.25, -0.2) is 20.5 Å². The van der Waals surface area contributed by atoms with Crippen LogP contribution in [0.25, 0.3) is 0 Å². The molecule has 18 heavy (non-hydrogen) atoms. The topological polar surface area (TPSA) is 107 Å². The highest BCUT2D eigenvalue weighted by Gasteiger charge is 2.28. The zero-order valence-corrected chi connectivity index (χ0v) is 10.6. The highest BCUT2D eigenvalue weighted by molar-refractivity contribution is 7.99. The van der Waals surface area contributed by atoms with Crippen molar-refractivity contribution in [2.24, 2.45) is 5.84 Å². The fraction of sp³-hybridized carbons (Fsp3) is 0.444. The van der Waals surface area contributed by atoms with E-state index in [4.69, 9.17) is 5.84 Å². The lowest BCUT2D eigenvalue weighted by Gasteiger charge is -2.04. The van der Waals surface area contributed by atoms with Gasteiger partial charge in [-0.3, -0.25) is 5.43 Å². The lowest BCUT2D eigenvalue weighted by atomic mass is 10.5. The largest absolute Gasteiger partial charge is 0.292 e. The maximum absolute atomic E-state index is 5.32. The lowest BCUT2D eigenvalue weighted by Crippen LogP contribution is -2.11. The van der Waals surface area contributed by atoms with Gasteiger partial charge in [0.2, 0.25) is 11.1 Å². The molecule has 1 aliphatic carbocycles. The SMILES string of the molecule is Cc1cc(Sc2nnnn2C2CC2)nc(NN)n1. The molecule has 3 N–H and O–H groups in total. The van der Waals surface area contributed by atoms with Crippen molar-refractivity contribution < 1.29 is 0 Å². The van der Waals surface area contributed by atoms with Crippen LogP contribution >= 0.6 is 11.8 Å². The Bertz CT molecular complexity index is 563. The van der Waals surface area contributed by atoms with Gasteiger partial charge in [0.15, 0.2) is 0 Å². The summed E-state index contributed by atoms with van der Waals surface area (Å²) < 4.78 is 1.84. The molecular formula is C9H12N8S. The minimum Gasteiger partial charge on any atom is -0.292 e. The van der Waals surface area contributed by atoms with Crippen LogP contribution in [0.15, 0.2) is 16.2 Å². The molecule has 2 heterocycles. The van der Waals surface area contributed by atoms with Gasteiger partial charge in [0.05, 0.1) is 6.04 Å². The molecule has 0 aliphatic heterocycles. The van der Waals surface area contributed by atoms with Gasteiger partial charge in [-0.15, -0.1) is 5.10 Å². The Hall–Kier alpha value is -1.74. The van der Waals surface area contributed by atoms with Crippen LogP contribution in [0.2, 0.25) is 0 Å². The Morgan fingerprint density at radius 3 is 3.00 bits per heavy atom. The van der Waals surface area contributed by atoms with Gasteiger partial charge in [-0.2, -0.15) is 0 Å². The van der Waals surface area contributed by atoms with Crippen LogP contribution in [0.3, 0.4) is 0 Å². The quantitative estimate of drug-likeness (QED) is 0.468. The number of hydrazine groups is 1. The number of anilines is 1. The molecule has 3 rings (SSSR count). The Kier molecular flexibility index (Phi) is 2.84. The number of nitrogens with one attached hydrogen (secondary N) is 1. The molecule has 0 unspecified atom stereocenters. The van der Waals surface area contributed by atoms with Crippen molar-refractivity contribution in [2.75, 3.05) is 5.43 Å². The van der Waals surface area contributed by atoms with Crippen molar-refractivity contribution in [1.29, 1.82) is 0 Å². The van der Waals surface area contributed by atoms with Crippen molar-refractivity contribution in [3.8, 4) is 0 Å². The van der Waals surface area contributed by atoms with E-state index in [1.54, 1.807) is 0 Å². The van der Waals surface area contributed by atoms with Crippen LogP contribution in [0.5, 0.6) is 0 Å². The minimum absolute atomic E-state index is 0.392.